The second kappa shape index (κ2) is 7.76. The van der Waals surface area contributed by atoms with Crippen LogP contribution >= 0.6 is 11.3 Å². The molecule has 0 saturated heterocycles. The number of rotatable bonds is 1. The smallest absolute Gasteiger partial charge is 0.270 e. The normalized spacial score (nSPS) is 20.8. The molecule has 0 bridgehead atoms. The predicted octanol–water partition coefficient (Wildman–Crippen LogP) is 5.22. The van der Waals surface area contributed by atoms with Crippen molar-refractivity contribution in [2.45, 2.75) is 76.2 Å². The van der Waals surface area contributed by atoms with Crippen molar-refractivity contribution in [3.05, 3.63) is 29.3 Å². The Morgan fingerprint density at radius 3 is 1.96 bits per heavy atom. The maximum atomic E-state index is 11.5. The maximum Gasteiger partial charge on any atom is 0.270 e. The van der Waals surface area contributed by atoms with Gasteiger partial charge < -0.3 is 5.11 Å². The fourth-order valence-electron chi connectivity index (χ4n) is 3.92. The van der Waals surface area contributed by atoms with Crippen molar-refractivity contribution >= 4 is 21.6 Å². The van der Waals surface area contributed by atoms with Crippen LogP contribution in [0, 0.1) is 0 Å². The van der Waals surface area contributed by atoms with Crippen LogP contribution in [-0.4, -0.2) is 5.11 Å². The second-order valence-electron chi connectivity index (χ2n) is 7.15. The third-order valence-corrected chi connectivity index (χ3v) is 6.73. The molecule has 0 amide bonds. The molecule has 2 aromatic rings. The zero-order chi connectivity index (χ0) is 16.1. The minimum atomic E-state index is -0.641. The highest BCUT2D eigenvalue weighted by atomic mass is 32.1. The number of para-hydroxylation sites is 1. The van der Waals surface area contributed by atoms with Gasteiger partial charge in [0.25, 0.3) is 5.01 Å². The Balaban J connectivity index is 1.86. The maximum absolute atomic E-state index is 11.5. The van der Waals surface area contributed by atoms with Crippen LogP contribution in [0.5, 0.6) is 0 Å². The van der Waals surface area contributed by atoms with E-state index in [1.807, 2.05) is 0 Å². The van der Waals surface area contributed by atoms with Gasteiger partial charge in [0.2, 0.25) is 5.52 Å². The lowest BCUT2D eigenvalue weighted by atomic mass is 9.89. The standard InChI is InChI=1S/C20H30NOS/c1-21-17-13-9-10-14-18(17)23-19(21)20(22)15-11-7-5-3-2-4-6-8-12-16-20/h9-10,13-14,22H,2-8,11-12,15-16H2,1H3/q+1. The van der Waals surface area contributed by atoms with E-state index in [-0.39, 0.29) is 0 Å². The van der Waals surface area contributed by atoms with E-state index in [2.05, 4.69) is 35.9 Å². The lowest BCUT2D eigenvalue weighted by molar-refractivity contribution is -0.655. The van der Waals surface area contributed by atoms with Crippen LogP contribution in [0.2, 0.25) is 0 Å². The van der Waals surface area contributed by atoms with E-state index in [1.54, 1.807) is 11.3 Å². The summed E-state index contributed by atoms with van der Waals surface area (Å²) in [5.74, 6) is 0. The topological polar surface area (TPSA) is 24.1 Å². The first-order valence-electron chi connectivity index (χ1n) is 9.31. The molecule has 1 saturated carbocycles. The number of hydrogen-bond donors (Lipinski definition) is 1. The van der Waals surface area contributed by atoms with Crippen molar-refractivity contribution in [2.75, 3.05) is 0 Å². The molecular weight excluding hydrogens is 302 g/mol. The van der Waals surface area contributed by atoms with Gasteiger partial charge >= 0.3 is 0 Å². The highest BCUT2D eigenvalue weighted by Gasteiger charge is 2.38. The van der Waals surface area contributed by atoms with E-state index in [9.17, 15) is 5.11 Å². The van der Waals surface area contributed by atoms with Crippen molar-refractivity contribution in [1.82, 2.24) is 0 Å². The zero-order valence-electron chi connectivity index (χ0n) is 14.4. The lowest BCUT2D eigenvalue weighted by Gasteiger charge is -2.24. The molecule has 0 radical (unpaired) electrons. The van der Waals surface area contributed by atoms with Gasteiger partial charge in [0.15, 0.2) is 5.60 Å². The van der Waals surface area contributed by atoms with Crippen LogP contribution in [0.15, 0.2) is 24.3 Å². The third kappa shape index (κ3) is 3.95. The molecule has 0 spiro atoms. The van der Waals surface area contributed by atoms with Crippen LogP contribution in [0.4, 0.5) is 0 Å². The van der Waals surface area contributed by atoms with Crippen molar-refractivity contribution in [3.8, 4) is 0 Å². The first kappa shape index (κ1) is 16.9. The molecule has 126 valence electrons. The Hall–Kier alpha value is -0.930. The summed E-state index contributed by atoms with van der Waals surface area (Å²) in [6, 6.07) is 8.51. The molecule has 1 N–H and O–H groups in total. The Morgan fingerprint density at radius 2 is 1.39 bits per heavy atom. The van der Waals surface area contributed by atoms with E-state index in [0.29, 0.717) is 0 Å². The van der Waals surface area contributed by atoms with Crippen molar-refractivity contribution in [2.24, 2.45) is 7.05 Å². The summed E-state index contributed by atoms with van der Waals surface area (Å²) in [7, 11) is 2.11. The zero-order valence-corrected chi connectivity index (χ0v) is 15.2. The van der Waals surface area contributed by atoms with E-state index in [1.165, 1.54) is 55.2 Å². The first-order valence-corrected chi connectivity index (χ1v) is 10.1. The van der Waals surface area contributed by atoms with Crippen molar-refractivity contribution < 1.29 is 9.67 Å². The van der Waals surface area contributed by atoms with Gasteiger partial charge in [0.1, 0.15) is 11.7 Å². The van der Waals surface area contributed by atoms with Gasteiger partial charge in [-0.1, -0.05) is 68.4 Å². The summed E-state index contributed by atoms with van der Waals surface area (Å²) < 4.78 is 3.51. The molecule has 1 aliphatic carbocycles. The Kier molecular flexibility index (Phi) is 5.71. The van der Waals surface area contributed by atoms with Crippen molar-refractivity contribution in [3.63, 3.8) is 0 Å². The molecule has 1 aromatic carbocycles. The number of fused-ring (bicyclic) bond motifs is 1. The minimum absolute atomic E-state index is 0.641. The van der Waals surface area contributed by atoms with E-state index in [0.717, 1.165) is 30.7 Å². The molecule has 0 aliphatic heterocycles. The van der Waals surface area contributed by atoms with Crippen LogP contribution in [-0.2, 0) is 12.6 Å². The third-order valence-electron chi connectivity index (χ3n) is 5.32. The molecule has 1 aromatic heterocycles. The molecular formula is C20H30NOS+. The number of aliphatic hydroxyl groups is 1. The monoisotopic (exact) mass is 332 g/mol. The van der Waals surface area contributed by atoms with Gasteiger partial charge in [-0.05, 0) is 31.7 Å². The Labute approximate surface area is 144 Å². The van der Waals surface area contributed by atoms with Crippen LogP contribution < -0.4 is 4.57 Å². The van der Waals surface area contributed by atoms with E-state index >= 15 is 0 Å². The van der Waals surface area contributed by atoms with Crippen LogP contribution in [0.3, 0.4) is 0 Å². The van der Waals surface area contributed by atoms with Gasteiger partial charge in [-0.15, -0.1) is 0 Å². The lowest BCUT2D eigenvalue weighted by Crippen LogP contribution is -2.41. The summed E-state index contributed by atoms with van der Waals surface area (Å²) in [4.78, 5) is 0. The Morgan fingerprint density at radius 1 is 0.870 bits per heavy atom. The van der Waals surface area contributed by atoms with Gasteiger partial charge in [0.05, 0.1) is 0 Å². The van der Waals surface area contributed by atoms with Crippen LogP contribution in [0.1, 0.15) is 75.6 Å². The Bertz CT molecular complexity index is 622. The number of aromatic nitrogens is 1. The molecule has 2 nitrogen and oxygen atoms in total. The number of hydrogen-bond acceptors (Lipinski definition) is 2. The number of thiazole rings is 1. The van der Waals surface area contributed by atoms with Gasteiger partial charge in [0, 0.05) is 6.07 Å². The largest absolute Gasteiger partial charge is 0.378 e. The molecule has 0 atom stereocenters. The highest BCUT2D eigenvalue weighted by molar-refractivity contribution is 7.18. The molecule has 1 aliphatic rings. The van der Waals surface area contributed by atoms with E-state index < -0.39 is 5.60 Å². The average molecular weight is 333 g/mol. The number of benzene rings is 1. The van der Waals surface area contributed by atoms with Crippen LogP contribution in [0.25, 0.3) is 10.2 Å². The quantitative estimate of drug-likeness (QED) is 0.711. The molecule has 1 fully saturated rings. The molecule has 1 heterocycles. The molecule has 0 unspecified atom stereocenters. The highest BCUT2D eigenvalue weighted by Crippen LogP contribution is 2.36. The fourth-order valence-corrected chi connectivity index (χ4v) is 5.21. The summed E-state index contributed by atoms with van der Waals surface area (Å²) in [6.45, 7) is 0. The molecule has 3 heteroatoms. The summed E-state index contributed by atoms with van der Waals surface area (Å²) in [5.41, 5.74) is 0.601. The second-order valence-corrected chi connectivity index (χ2v) is 8.18. The van der Waals surface area contributed by atoms with Gasteiger partial charge in [-0.3, -0.25) is 0 Å². The SMILES string of the molecule is C[n+]1c(C2(O)CCCCCCCCCCC2)sc2ccccc21. The molecule has 3 rings (SSSR count). The van der Waals surface area contributed by atoms with Gasteiger partial charge in [-0.2, -0.15) is 4.57 Å². The summed E-state index contributed by atoms with van der Waals surface area (Å²) in [6.07, 6.45) is 13.4. The molecule has 23 heavy (non-hydrogen) atoms. The number of aryl methyl sites for hydroxylation is 1. The summed E-state index contributed by atoms with van der Waals surface area (Å²) in [5, 5.41) is 12.6. The number of nitrogens with zero attached hydrogens (tertiary/aromatic N) is 1. The predicted molar refractivity (Wildman–Crippen MR) is 97.7 cm³/mol. The first-order chi connectivity index (χ1) is 11.2. The van der Waals surface area contributed by atoms with E-state index in [4.69, 9.17) is 0 Å². The fraction of sp³-hybridized carbons (Fsp3) is 0.650. The van der Waals surface area contributed by atoms with Gasteiger partial charge in [-0.25, -0.2) is 0 Å². The minimum Gasteiger partial charge on any atom is -0.378 e. The average Bonchev–Trinajstić information content (AvgIpc) is 2.89. The summed E-state index contributed by atoms with van der Waals surface area (Å²) >= 11 is 1.78. The van der Waals surface area contributed by atoms with Crippen molar-refractivity contribution in [1.29, 1.82) is 0 Å².